The van der Waals surface area contributed by atoms with Gasteiger partial charge in [-0.25, -0.2) is 13.6 Å². The summed E-state index contributed by atoms with van der Waals surface area (Å²) in [7, 11) is 0. The number of carbonyl (C=O) groups excluding carboxylic acids is 1. The van der Waals surface area contributed by atoms with Crippen molar-refractivity contribution in [3.8, 4) is 11.8 Å². The number of fused-ring (bicyclic) bond motifs is 2. The van der Waals surface area contributed by atoms with Gasteiger partial charge in [-0.05, 0) is 90.3 Å². The number of benzene rings is 2. The maximum absolute atomic E-state index is 15.0. The van der Waals surface area contributed by atoms with E-state index in [1.165, 1.54) is 41.8 Å². The number of hydrogen-bond acceptors (Lipinski definition) is 6. The van der Waals surface area contributed by atoms with E-state index in [2.05, 4.69) is 22.1 Å². The smallest absolute Gasteiger partial charge is 0.408 e. The van der Waals surface area contributed by atoms with Gasteiger partial charge in [-0.15, -0.1) is 0 Å². The Kier molecular flexibility index (Phi) is 7.21. The molecule has 1 aromatic heterocycles. The molecule has 0 saturated carbocycles. The molecular weight excluding hydrogens is 502 g/mol. The molecule has 0 unspecified atom stereocenters. The molecular formula is C29H32F2N6O2. The largest absolute Gasteiger partial charge is 0.444 e. The monoisotopic (exact) mass is 534 g/mol. The lowest BCUT2D eigenvalue weighted by atomic mass is 9.95. The highest BCUT2D eigenvalue weighted by Gasteiger charge is 2.26. The summed E-state index contributed by atoms with van der Waals surface area (Å²) in [6, 6.07) is 6.85. The van der Waals surface area contributed by atoms with E-state index < -0.39 is 28.9 Å². The van der Waals surface area contributed by atoms with Gasteiger partial charge in [-0.3, -0.25) is 15.4 Å². The normalized spacial score (nSPS) is 13.4. The van der Waals surface area contributed by atoms with Crippen LogP contribution in [0.2, 0.25) is 0 Å². The quantitative estimate of drug-likeness (QED) is 0.233. The Bertz CT molecular complexity index is 1610. The van der Waals surface area contributed by atoms with Crippen molar-refractivity contribution in [2.75, 3.05) is 11.4 Å². The predicted molar refractivity (Wildman–Crippen MR) is 146 cm³/mol. The van der Waals surface area contributed by atoms with E-state index in [4.69, 9.17) is 15.6 Å². The van der Waals surface area contributed by atoms with Gasteiger partial charge in [-0.1, -0.05) is 11.8 Å². The molecule has 2 aromatic carbocycles. The van der Waals surface area contributed by atoms with E-state index in [0.29, 0.717) is 47.4 Å². The van der Waals surface area contributed by atoms with Gasteiger partial charge < -0.3 is 15.0 Å². The third-order valence-corrected chi connectivity index (χ3v) is 6.07. The summed E-state index contributed by atoms with van der Waals surface area (Å²) in [5.41, 5.74) is 0.450. The van der Waals surface area contributed by atoms with Crippen molar-refractivity contribution in [2.45, 2.75) is 65.5 Å². The highest BCUT2D eigenvalue weighted by Crippen LogP contribution is 2.37. The number of halogens is 2. The first-order valence-corrected chi connectivity index (χ1v) is 12.6. The van der Waals surface area contributed by atoms with Crippen LogP contribution in [0.1, 0.15) is 59.1 Å². The van der Waals surface area contributed by atoms with Gasteiger partial charge in [0.25, 0.3) is 0 Å². The minimum absolute atomic E-state index is 0.0703. The van der Waals surface area contributed by atoms with Crippen LogP contribution in [0.5, 0.6) is 0 Å². The van der Waals surface area contributed by atoms with E-state index in [9.17, 15) is 13.6 Å². The second-order valence-corrected chi connectivity index (χ2v) is 11.0. The molecule has 0 aliphatic carbocycles. The summed E-state index contributed by atoms with van der Waals surface area (Å²) in [6.07, 6.45) is 0.715. The molecule has 0 spiro atoms. The van der Waals surface area contributed by atoms with Crippen LogP contribution in [0.25, 0.3) is 10.9 Å². The lowest BCUT2D eigenvalue weighted by Gasteiger charge is -2.32. The van der Waals surface area contributed by atoms with Gasteiger partial charge in [-0.2, -0.15) is 4.98 Å². The Morgan fingerprint density at radius 2 is 1.85 bits per heavy atom. The van der Waals surface area contributed by atoms with Gasteiger partial charge in [0.05, 0.1) is 11.1 Å². The highest BCUT2D eigenvalue weighted by molar-refractivity contribution is 5.97. The van der Waals surface area contributed by atoms with Crippen molar-refractivity contribution in [2.24, 2.45) is 0 Å². The fraction of sp³-hybridized carbons (Fsp3) is 0.379. The standard InChI is InChI=1S/C29H32F2N6O2/c1-17(32)37-23-10-9-19(30)15-22(23)25(34-26(37)33)36-13-7-8-21-18(14-20(31)16-24(21)36)11-12-29(5,6)35-27(38)39-28(2,3)4/h9-10,14-16,32-33H,7-8,13H2,1-6H3,(H,35,38). The first-order valence-electron chi connectivity index (χ1n) is 12.6. The van der Waals surface area contributed by atoms with E-state index >= 15 is 0 Å². The predicted octanol–water partition coefficient (Wildman–Crippen LogP) is 5.38. The second-order valence-electron chi connectivity index (χ2n) is 11.0. The van der Waals surface area contributed by atoms with Crippen LogP contribution >= 0.6 is 0 Å². The Balaban J connectivity index is 1.80. The number of nitrogens with one attached hydrogen (secondary N) is 3. The van der Waals surface area contributed by atoms with E-state index in [0.717, 1.165) is 5.56 Å². The zero-order valence-electron chi connectivity index (χ0n) is 22.9. The number of amides is 1. The van der Waals surface area contributed by atoms with Crippen LogP contribution in [0.3, 0.4) is 0 Å². The summed E-state index contributed by atoms with van der Waals surface area (Å²) in [6.45, 7) is 10.8. The van der Waals surface area contributed by atoms with Gasteiger partial charge in [0.2, 0.25) is 5.62 Å². The van der Waals surface area contributed by atoms with Crippen molar-refractivity contribution in [1.82, 2.24) is 14.9 Å². The fourth-order valence-electron chi connectivity index (χ4n) is 4.56. The van der Waals surface area contributed by atoms with Crippen LogP contribution in [0.4, 0.5) is 25.1 Å². The van der Waals surface area contributed by atoms with Gasteiger partial charge in [0.1, 0.15) is 28.9 Å². The second kappa shape index (κ2) is 10.1. The van der Waals surface area contributed by atoms with Crippen LogP contribution in [0, 0.1) is 34.3 Å². The number of rotatable bonds is 2. The molecule has 10 heteroatoms. The number of ether oxygens (including phenoxy) is 1. The van der Waals surface area contributed by atoms with E-state index in [1.54, 1.807) is 39.5 Å². The Hall–Kier alpha value is -4.26. The van der Waals surface area contributed by atoms with Crippen LogP contribution in [-0.2, 0) is 11.2 Å². The summed E-state index contributed by atoms with van der Waals surface area (Å²) >= 11 is 0. The summed E-state index contributed by atoms with van der Waals surface area (Å²) in [5, 5.41) is 19.7. The average Bonchev–Trinajstić information content (AvgIpc) is 2.80. The molecule has 3 N–H and O–H groups in total. The molecule has 0 atom stereocenters. The summed E-state index contributed by atoms with van der Waals surface area (Å²) in [5.74, 6) is 5.45. The number of nitrogens with zero attached hydrogens (tertiary/aromatic N) is 3. The first-order chi connectivity index (χ1) is 18.1. The highest BCUT2D eigenvalue weighted by atomic mass is 19.1. The summed E-state index contributed by atoms with van der Waals surface area (Å²) < 4.78 is 36.0. The number of anilines is 2. The number of aromatic nitrogens is 2. The molecule has 0 saturated heterocycles. The Morgan fingerprint density at radius 3 is 2.51 bits per heavy atom. The third kappa shape index (κ3) is 6.08. The molecule has 39 heavy (non-hydrogen) atoms. The topological polar surface area (TPSA) is 107 Å². The minimum Gasteiger partial charge on any atom is -0.444 e. The molecule has 2 heterocycles. The number of hydrogen-bond donors (Lipinski definition) is 3. The molecule has 0 radical (unpaired) electrons. The molecule has 204 valence electrons. The SMILES string of the molecule is CC(=N)n1c(=N)nc(N2CCCc3c(C#CC(C)(C)NC(=O)OC(C)(C)C)cc(F)cc32)c2cc(F)ccc21. The molecule has 0 bridgehead atoms. The van der Waals surface area contributed by atoms with Crippen LogP contribution in [-0.4, -0.2) is 39.2 Å². The zero-order chi connectivity index (χ0) is 28.7. The molecule has 4 rings (SSSR count). The zero-order valence-corrected chi connectivity index (χ0v) is 22.9. The molecule has 3 aromatic rings. The first kappa shape index (κ1) is 27.8. The molecule has 1 aliphatic heterocycles. The van der Waals surface area contributed by atoms with Gasteiger partial charge >= 0.3 is 6.09 Å². The third-order valence-electron chi connectivity index (χ3n) is 6.07. The van der Waals surface area contributed by atoms with E-state index in [1.807, 2.05) is 0 Å². The van der Waals surface area contributed by atoms with Crippen molar-refractivity contribution in [1.29, 1.82) is 10.8 Å². The fourth-order valence-corrected chi connectivity index (χ4v) is 4.56. The molecule has 1 amide bonds. The van der Waals surface area contributed by atoms with Gasteiger partial charge in [0.15, 0.2) is 0 Å². The molecule has 0 fully saturated rings. The minimum atomic E-state index is -0.955. The lowest BCUT2D eigenvalue weighted by molar-refractivity contribution is 0.0494. The maximum Gasteiger partial charge on any atom is 0.408 e. The number of alkyl carbamates (subject to hydrolysis) is 1. The van der Waals surface area contributed by atoms with Crippen LogP contribution < -0.4 is 15.8 Å². The average molecular weight is 535 g/mol. The van der Waals surface area contributed by atoms with Gasteiger partial charge in [0, 0.05) is 23.2 Å². The number of carbonyl (C=O) groups is 1. The lowest BCUT2D eigenvalue weighted by Crippen LogP contribution is -2.44. The van der Waals surface area contributed by atoms with Crippen molar-refractivity contribution < 1.29 is 18.3 Å². The Labute approximate surface area is 226 Å². The van der Waals surface area contributed by atoms with Crippen molar-refractivity contribution in [3.05, 3.63) is 58.7 Å². The Morgan fingerprint density at radius 1 is 1.13 bits per heavy atom. The van der Waals surface area contributed by atoms with E-state index in [-0.39, 0.29) is 11.5 Å². The molecule has 8 nitrogen and oxygen atoms in total. The summed E-state index contributed by atoms with van der Waals surface area (Å²) in [4.78, 5) is 18.5. The van der Waals surface area contributed by atoms with Crippen LogP contribution in [0.15, 0.2) is 30.3 Å². The molecule has 1 aliphatic rings. The van der Waals surface area contributed by atoms with Crippen molar-refractivity contribution in [3.63, 3.8) is 0 Å². The van der Waals surface area contributed by atoms with Crippen molar-refractivity contribution >= 4 is 34.3 Å². The maximum atomic E-state index is 15.0.